The van der Waals surface area contributed by atoms with Crippen LogP contribution in [0.1, 0.15) is 15.9 Å². The summed E-state index contributed by atoms with van der Waals surface area (Å²) in [5, 5.41) is 0.710. The second-order valence-electron chi connectivity index (χ2n) is 6.96. The Bertz CT molecular complexity index is 1080. The highest BCUT2D eigenvalue weighted by Gasteiger charge is 2.13. The molecule has 0 amide bonds. The zero-order valence-electron chi connectivity index (χ0n) is 16.6. The van der Waals surface area contributed by atoms with Crippen molar-refractivity contribution in [2.45, 2.75) is 0 Å². The lowest BCUT2D eigenvalue weighted by atomic mass is 10.2. The molecule has 1 heterocycles. The maximum Gasteiger partial charge on any atom is 0.345 e. The predicted molar refractivity (Wildman–Crippen MR) is 125 cm³/mol. The Kier molecular flexibility index (Phi) is 6.87. The molecule has 3 aromatic rings. The Morgan fingerprint density at radius 2 is 1.68 bits per heavy atom. The fraction of sp³-hybridized carbons (Fsp3) is 0.167. The molecule has 0 unspecified atom stereocenters. The van der Waals surface area contributed by atoms with E-state index in [-0.39, 0.29) is 10.6 Å². The molecule has 0 bridgehead atoms. The molecule has 1 fully saturated rings. The van der Waals surface area contributed by atoms with Crippen molar-refractivity contribution in [3.05, 3.63) is 87.9 Å². The Balaban J connectivity index is 1.36. The molecule has 4 rings (SSSR count). The summed E-state index contributed by atoms with van der Waals surface area (Å²) in [4.78, 5) is 19.1. The Hall–Kier alpha value is -2.86. The normalized spacial score (nSPS) is 14.1. The molecule has 1 saturated heterocycles. The average Bonchev–Trinajstić information content (AvgIpc) is 2.79. The van der Waals surface area contributed by atoms with Crippen molar-refractivity contribution in [2.24, 2.45) is 4.99 Å². The summed E-state index contributed by atoms with van der Waals surface area (Å²) in [6, 6.07) is 19.9. The van der Waals surface area contributed by atoms with Gasteiger partial charge in [0.1, 0.15) is 5.75 Å². The number of esters is 1. The number of nitrogens with zero attached hydrogens (tertiary/aromatic N) is 2. The molecule has 0 N–H and O–H groups in total. The van der Waals surface area contributed by atoms with Crippen LogP contribution in [0.4, 0.5) is 11.4 Å². The number of rotatable bonds is 5. The number of aliphatic imine (C=N–C) groups is 1. The topological polar surface area (TPSA) is 51.1 Å². The number of carbonyl (C=O) groups is 1. The minimum atomic E-state index is -0.538. The summed E-state index contributed by atoms with van der Waals surface area (Å²) in [7, 11) is 0. The summed E-state index contributed by atoms with van der Waals surface area (Å²) in [6.45, 7) is 3.34. The van der Waals surface area contributed by atoms with Crippen LogP contribution in [0.5, 0.6) is 5.75 Å². The molecule has 0 saturated carbocycles. The van der Waals surface area contributed by atoms with E-state index in [2.05, 4.69) is 22.0 Å². The van der Waals surface area contributed by atoms with E-state index in [1.807, 2.05) is 24.3 Å². The minimum absolute atomic E-state index is 0.251. The molecule has 0 aromatic heterocycles. The molecule has 7 heteroatoms. The molecule has 3 aromatic carbocycles. The van der Waals surface area contributed by atoms with Gasteiger partial charge >= 0.3 is 5.97 Å². The van der Waals surface area contributed by atoms with Crippen LogP contribution in [0.15, 0.2) is 71.7 Å². The number of hydrogen-bond acceptors (Lipinski definition) is 5. The highest BCUT2D eigenvalue weighted by Crippen LogP contribution is 2.23. The predicted octanol–water partition coefficient (Wildman–Crippen LogP) is 5.80. The van der Waals surface area contributed by atoms with Gasteiger partial charge in [0, 0.05) is 30.0 Å². The highest BCUT2D eigenvalue weighted by atomic mass is 35.5. The molecular formula is C24H20Cl2N2O3. The van der Waals surface area contributed by atoms with Gasteiger partial charge < -0.3 is 14.4 Å². The minimum Gasteiger partial charge on any atom is -0.423 e. The third kappa shape index (κ3) is 5.64. The zero-order chi connectivity index (χ0) is 21.6. The SMILES string of the molecule is O=C(Oc1ccc(C=Nc2ccc(N3CCOCC3)cc2)cc1)c1ccc(Cl)cc1Cl. The van der Waals surface area contributed by atoms with Gasteiger partial charge in [0.25, 0.3) is 0 Å². The van der Waals surface area contributed by atoms with Gasteiger partial charge in [-0.05, 0) is 72.3 Å². The second kappa shape index (κ2) is 9.96. The zero-order valence-corrected chi connectivity index (χ0v) is 18.1. The van der Waals surface area contributed by atoms with Gasteiger partial charge in [-0.15, -0.1) is 0 Å². The van der Waals surface area contributed by atoms with Gasteiger partial charge in [0.2, 0.25) is 0 Å². The van der Waals surface area contributed by atoms with Crippen LogP contribution in [-0.2, 0) is 4.74 Å². The molecule has 0 atom stereocenters. The number of ether oxygens (including phenoxy) is 2. The van der Waals surface area contributed by atoms with Crippen LogP contribution >= 0.6 is 23.2 Å². The van der Waals surface area contributed by atoms with Gasteiger partial charge in [-0.3, -0.25) is 4.99 Å². The summed E-state index contributed by atoms with van der Waals surface area (Å²) in [5.41, 5.74) is 3.19. The smallest absolute Gasteiger partial charge is 0.345 e. The van der Waals surface area contributed by atoms with Gasteiger partial charge in [0.05, 0.1) is 29.5 Å². The van der Waals surface area contributed by atoms with E-state index in [0.717, 1.165) is 37.6 Å². The van der Waals surface area contributed by atoms with Crippen LogP contribution in [0.25, 0.3) is 0 Å². The molecule has 0 radical (unpaired) electrons. The molecule has 1 aliphatic heterocycles. The van der Waals surface area contributed by atoms with Crippen molar-refractivity contribution in [3.63, 3.8) is 0 Å². The Morgan fingerprint density at radius 1 is 0.968 bits per heavy atom. The van der Waals surface area contributed by atoms with Crippen LogP contribution in [0, 0.1) is 0 Å². The van der Waals surface area contributed by atoms with Crippen molar-refractivity contribution in [1.29, 1.82) is 0 Å². The van der Waals surface area contributed by atoms with Crippen LogP contribution in [0.3, 0.4) is 0 Å². The second-order valence-corrected chi connectivity index (χ2v) is 7.80. The lowest BCUT2D eigenvalue weighted by Crippen LogP contribution is -2.36. The Morgan fingerprint density at radius 3 is 2.35 bits per heavy atom. The Labute approximate surface area is 190 Å². The first kappa shape index (κ1) is 21.4. The van der Waals surface area contributed by atoms with E-state index >= 15 is 0 Å². The monoisotopic (exact) mass is 454 g/mol. The van der Waals surface area contributed by atoms with E-state index in [1.54, 1.807) is 30.5 Å². The highest BCUT2D eigenvalue weighted by molar-refractivity contribution is 6.36. The summed E-state index contributed by atoms with van der Waals surface area (Å²) in [6.07, 6.45) is 1.77. The van der Waals surface area contributed by atoms with Crippen LogP contribution in [-0.4, -0.2) is 38.5 Å². The molecule has 5 nitrogen and oxygen atoms in total. The van der Waals surface area contributed by atoms with Crippen molar-refractivity contribution in [3.8, 4) is 5.75 Å². The lowest BCUT2D eigenvalue weighted by Gasteiger charge is -2.28. The number of anilines is 1. The fourth-order valence-corrected chi connectivity index (χ4v) is 3.64. The third-order valence-corrected chi connectivity index (χ3v) is 5.38. The molecule has 158 valence electrons. The largest absolute Gasteiger partial charge is 0.423 e. The number of morpholine rings is 1. The first-order chi connectivity index (χ1) is 15.1. The summed E-state index contributed by atoms with van der Waals surface area (Å²) < 4.78 is 10.8. The standard InChI is InChI=1S/C24H20Cl2N2O3/c25-18-3-10-22(23(26)15-18)24(29)31-21-8-1-17(2-9-21)16-27-19-4-6-20(7-5-19)28-11-13-30-14-12-28/h1-10,15-16H,11-14H2. The van der Waals surface area contributed by atoms with Crippen molar-refractivity contribution >= 4 is 46.8 Å². The maximum absolute atomic E-state index is 12.3. The van der Waals surface area contributed by atoms with E-state index < -0.39 is 5.97 Å². The first-order valence-corrected chi connectivity index (χ1v) is 10.6. The quantitative estimate of drug-likeness (QED) is 0.277. The van der Waals surface area contributed by atoms with E-state index in [9.17, 15) is 4.79 Å². The van der Waals surface area contributed by atoms with Crippen molar-refractivity contribution in [1.82, 2.24) is 0 Å². The van der Waals surface area contributed by atoms with E-state index in [4.69, 9.17) is 32.7 Å². The van der Waals surface area contributed by atoms with Gasteiger partial charge in [-0.25, -0.2) is 4.79 Å². The van der Waals surface area contributed by atoms with Gasteiger partial charge in [-0.2, -0.15) is 0 Å². The van der Waals surface area contributed by atoms with Crippen LogP contribution in [0.2, 0.25) is 10.0 Å². The molecular weight excluding hydrogens is 435 g/mol. The molecule has 0 aliphatic carbocycles. The number of halogens is 2. The average molecular weight is 455 g/mol. The van der Waals surface area contributed by atoms with Crippen molar-refractivity contribution < 1.29 is 14.3 Å². The van der Waals surface area contributed by atoms with Gasteiger partial charge in [-0.1, -0.05) is 23.2 Å². The summed E-state index contributed by atoms with van der Waals surface area (Å²) >= 11 is 11.9. The fourth-order valence-electron chi connectivity index (χ4n) is 3.16. The van der Waals surface area contributed by atoms with Crippen molar-refractivity contribution in [2.75, 3.05) is 31.2 Å². The molecule has 1 aliphatic rings. The maximum atomic E-state index is 12.3. The number of hydrogen-bond donors (Lipinski definition) is 0. The van der Waals surface area contributed by atoms with Crippen LogP contribution < -0.4 is 9.64 Å². The third-order valence-electron chi connectivity index (χ3n) is 4.83. The number of benzene rings is 3. The lowest BCUT2D eigenvalue weighted by molar-refractivity contribution is 0.0735. The van der Waals surface area contributed by atoms with E-state index in [1.165, 1.54) is 11.8 Å². The summed E-state index contributed by atoms with van der Waals surface area (Å²) in [5.74, 6) is -0.119. The first-order valence-electron chi connectivity index (χ1n) is 9.82. The molecule has 31 heavy (non-hydrogen) atoms. The number of carbonyl (C=O) groups excluding carboxylic acids is 1. The van der Waals surface area contributed by atoms with E-state index in [0.29, 0.717) is 10.8 Å². The molecule has 0 spiro atoms. The van der Waals surface area contributed by atoms with Gasteiger partial charge in [0.15, 0.2) is 0 Å².